The second-order valence-corrected chi connectivity index (χ2v) is 18.7. The van der Waals surface area contributed by atoms with Gasteiger partial charge in [-0.2, -0.15) is 0 Å². The predicted molar refractivity (Wildman–Crippen MR) is 270 cm³/mol. The quantitative estimate of drug-likeness (QED) is 0.0174. The summed E-state index contributed by atoms with van der Waals surface area (Å²) in [5, 5.41) is 72.2. The van der Waals surface area contributed by atoms with E-state index in [1.54, 1.807) is 0 Å². The van der Waals surface area contributed by atoms with Gasteiger partial charge in [0, 0.05) is 13.0 Å². The van der Waals surface area contributed by atoms with E-state index in [2.05, 4.69) is 74.6 Å². The molecule has 2 aliphatic rings. The van der Waals surface area contributed by atoms with Gasteiger partial charge in [-0.3, -0.25) is 4.79 Å². The fourth-order valence-corrected chi connectivity index (χ4v) is 8.19. The third-order valence-electron chi connectivity index (χ3n) is 12.5. The molecule has 11 unspecified atom stereocenters. The number of aliphatic hydroxyl groups is 7. The van der Waals surface area contributed by atoms with Crippen LogP contribution in [0.1, 0.15) is 181 Å². The highest BCUT2D eigenvalue weighted by Gasteiger charge is 2.47. The number of hydrogen-bond acceptors (Lipinski definition) is 14. The first-order valence-corrected chi connectivity index (χ1v) is 26.9. The van der Waals surface area contributed by atoms with Crippen molar-refractivity contribution < 1.29 is 69.0 Å². The van der Waals surface area contributed by atoms with E-state index >= 15 is 0 Å². The lowest BCUT2D eigenvalue weighted by atomic mass is 9.98. The van der Waals surface area contributed by atoms with Gasteiger partial charge in [0.1, 0.15) is 54.9 Å². The Bertz CT molecular complexity index is 1370. The lowest BCUT2D eigenvalue weighted by molar-refractivity contribution is -0.332. The van der Waals surface area contributed by atoms with Gasteiger partial charge < -0.3 is 64.2 Å². The van der Waals surface area contributed by atoms with Crippen molar-refractivity contribution in [2.24, 2.45) is 0 Å². The largest absolute Gasteiger partial charge is 0.457 e. The van der Waals surface area contributed by atoms with Crippen molar-refractivity contribution in [1.82, 2.24) is 0 Å². The van der Waals surface area contributed by atoms with Gasteiger partial charge in [0.25, 0.3) is 0 Å². The summed E-state index contributed by atoms with van der Waals surface area (Å²) in [6.07, 6.45) is 34.2. The molecular weight excluding hydrogens is 885 g/mol. The van der Waals surface area contributed by atoms with Crippen LogP contribution in [0.3, 0.4) is 0 Å². The molecule has 7 N–H and O–H groups in total. The number of carbonyl (C=O) groups is 1. The fraction of sp³-hybridized carbons (Fsp3) is 0.800. The second-order valence-electron chi connectivity index (χ2n) is 18.7. The van der Waals surface area contributed by atoms with Crippen LogP contribution < -0.4 is 0 Å². The minimum absolute atomic E-state index is 0.0478. The molecule has 0 radical (unpaired) electrons. The summed E-state index contributed by atoms with van der Waals surface area (Å²) in [7, 11) is 0. The molecule has 0 aliphatic carbocycles. The molecule has 0 saturated carbocycles. The van der Waals surface area contributed by atoms with E-state index in [1.807, 2.05) is 0 Å². The molecule has 69 heavy (non-hydrogen) atoms. The first-order chi connectivity index (χ1) is 33.6. The Labute approximate surface area is 415 Å². The zero-order valence-corrected chi connectivity index (χ0v) is 42.5. The molecule has 0 aromatic heterocycles. The highest BCUT2D eigenvalue weighted by Crippen LogP contribution is 2.26. The molecule has 0 amide bonds. The van der Waals surface area contributed by atoms with E-state index in [9.17, 15) is 40.5 Å². The summed E-state index contributed by atoms with van der Waals surface area (Å²) in [4.78, 5) is 13.0. The van der Waals surface area contributed by atoms with Crippen molar-refractivity contribution in [1.29, 1.82) is 0 Å². The first-order valence-electron chi connectivity index (χ1n) is 26.9. The third-order valence-corrected chi connectivity index (χ3v) is 12.5. The summed E-state index contributed by atoms with van der Waals surface area (Å²) in [6.45, 7) is 3.54. The van der Waals surface area contributed by atoms with E-state index < -0.39 is 86.7 Å². The smallest absolute Gasteiger partial charge is 0.306 e. The summed E-state index contributed by atoms with van der Waals surface area (Å²) in [5.74, 6) is -0.407. The zero-order chi connectivity index (χ0) is 50.2. The number of rotatable bonds is 42. The maximum atomic E-state index is 13.0. The molecule has 0 bridgehead atoms. The van der Waals surface area contributed by atoms with Crippen LogP contribution in [0.25, 0.3) is 0 Å². The van der Waals surface area contributed by atoms with Crippen LogP contribution in [0.2, 0.25) is 0 Å². The minimum atomic E-state index is -1.71. The number of aliphatic hydroxyl groups excluding tert-OH is 7. The zero-order valence-electron chi connectivity index (χ0n) is 42.5. The van der Waals surface area contributed by atoms with E-state index in [4.69, 9.17) is 28.4 Å². The number of esters is 1. The Morgan fingerprint density at radius 3 is 1.46 bits per heavy atom. The Kier molecular flexibility index (Phi) is 38.4. The Morgan fingerprint density at radius 1 is 0.493 bits per heavy atom. The van der Waals surface area contributed by atoms with Crippen molar-refractivity contribution in [2.45, 2.75) is 248 Å². The van der Waals surface area contributed by atoms with Crippen LogP contribution in [-0.4, -0.2) is 142 Å². The van der Waals surface area contributed by atoms with Crippen LogP contribution in [-0.2, 0) is 33.2 Å². The molecule has 0 aromatic carbocycles. The van der Waals surface area contributed by atoms with Crippen LogP contribution in [0.5, 0.6) is 0 Å². The highest BCUT2D eigenvalue weighted by molar-refractivity contribution is 5.69. The van der Waals surface area contributed by atoms with Gasteiger partial charge in [-0.25, -0.2) is 0 Å². The summed E-state index contributed by atoms with van der Waals surface area (Å²) in [6, 6.07) is 0. The van der Waals surface area contributed by atoms with Crippen molar-refractivity contribution in [3.05, 3.63) is 60.8 Å². The third kappa shape index (κ3) is 29.7. The standard InChI is InChI=1S/C55H96O14/c1-3-5-7-9-11-13-15-17-19-21-22-23-24-26-28-30-32-34-36-38-47(57)67-44(41-64-39-37-35-33-31-29-27-25-20-18-16-14-12-10-8-6-4-2)42-65-54-53(63)51(61)49(59)46(69-54)43-66-55-52(62)50(60)48(58)45(40-56)68-55/h5,7,11,13,17,19,22-23,26,28,44-46,48-56,58-63H,3-4,6,8-10,12,14-16,18,20-21,24-25,27,29-43H2,1-2H3/b7-5-,13-11-,19-17-,23-22-,28-26-. The van der Waals surface area contributed by atoms with Crippen molar-refractivity contribution in [3.8, 4) is 0 Å². The van der Waals surface area contributed by atoms with Crippen molar-refractivity contribution >= 4 is 5.97 Å². The maximum Gasteiger partial charge on any atom is 0.306 e. The van der Waals surface area contributed by atoms with Crippen LogP contribution in [0.4, 0.5) is 0 Å². The second kappa shape index (κ2) is 42.2. The topological polar surface area (TPSA) is 214 Å². The Hall–Kier alpha value is -2.31. The fourth-order valence-electron chi connectivity index (χ4n) is 8.19. The molecule has 2 heterocycles. The van der Waals surface area contributed by atoms with Crippen LogP contribution in [0, 0.1) is 0 Å². The summed E-state index contributed by atoms with van der Waals surface area (Å²) < 4.78 is 34.3. The lowest BCUT2D eigenvalue weighted by Gasteiger charge is -2.42. The van der Waals surface area contributed by atoms with Gasteiger partial charge in [0.15, 0.2) is 12.6 Å². The molecule has 11 atom stereocenters. The Morgan fingerprint density at radius 2 is 0.942 bits per heavy atom. The number of ether oxygens (including phenoxy) is 6. The normalized spacial score (nSPS) is 26.2. The van der Waals surface area contributed by atoms with E-state index in [0.717, 1.165) is 70.6 Å². The van der Waals surface area contributed by atoms with Gasteiger partial charge in [-0.1, -0.05) is 177 Å². The SMILES string of the molecule is CC/C=C\C/C=C\C/C=C\C/C=C\C/C=C\CCCCCC(=O)OC(COCCCCCCCCCCCCCCCCCC)COC1OC(COC2OC(CO)C(O)C(O)C2O)C(O)C(O)C1O. The summed E-state index contributed by atoms with van der Waals surface area (Å²) in [5.41, 5.74) is 0. The molecule has 2 fully saturated rings. The highest BCUT2D eigenvalue weighted by atomic mass is 16.7. The predicted octanol–water partition coefficient (Wildman–Crippen LogP) is 8.52. The number of allylic oxidation sites excluding steroid dienone is 10. The lowest BCUT2D eigenvalue weighted by Crippen LogP contribution is -2.61. The monoisotopic (exact) mass is 981 g/mol. The number of hydrogen-bond donors (Lipinski definition) is 7. The van der Waals surface area contributed by atoms with Crippen LogP contribution in [0.15, 0.2) is 60.8 Å². The van der Waals surface area contributed by atoms with Gasteiger partial charge >= 0.3 is 5.97 Å². The molecule has 400 valence electrons. The molecule has 0 spiro atoms. The molecular formula is C55H96O14. The van der Waals surface area contributed by atoms with Gasteiger partial charge in [0.2, 0.25) is 0 Å². The van der Waals surface area contributed by atoms with E-state index in [0.29, 0.717) is 13.0 Å². The molecule has 2 saturated heterocycles. The molecule has 2 rings (SSSR count). The Balaban J connectivity index is 1.77. The average molecular weight is 981 g/mol. The number of carbonyl (C=O) groups excluding carboxylic acids is 1. The molecule has 0 aromatic rings. The maximum absolute atomic E-state index is 13.0. The van der Waals surface area contributed by atoms with Gasteiger partial charge in [-0.15, -0.1) is 0 Å². The van der Waals surface area contributed by atoms with Crippen molar-refractivity contribution in [2.75, 3.05) is 33.0 Å². The molecule has 2 aliphatic heterocycles. The molecule has 14 nitrogen and oxygen atoms in total. The van der Waals surface area contributed by atoms with E-state index in [-0.39, 0.29) is 19.6 Å². The number of unbranched alkanes of at least 4 members (excludes halogenated alkanes) is 18. The van der Waals surface area contributed by atoms with E-state index in [1.165, 1.54) is 83.5 Å². The van der Waals surface area contributed by atoms with Gasteiger partial charge in [-0.05, 0) is 57.8 Å². The summed E-state index contributed by atoms with van der Waals surface area (Å²) >= 11 is 0. The van der Waals surface area contributed by atoms with Crippen LogP contribution >= 0.6 is 0 Å². The minimum Gasteiger partial charge on any atom is -0.457 e. The average Bonchev–Trinajstić information content (AvgIpc) is 3.35. The van der Waals surface area contributed by atoms with Gasteiger partial charge in [0.05, 0.1) is 26.4 Å². The van der Waals surface area contributed by atoms with Crippen molar-refractivity contribution in [3.63, 3.8) is 0 Å². The first kappa shape index (κ1) is 62.8. The molecule has 14 heteroatoms.